The van der Waals surface area contributed by atoms with Crippen LogP contribution in [0.5, 0.6) is 0 Å². The number of rotatable bonds is 4. The van der Waals surface area contributed by atoms with E-state index in [-0.39, 0.29) is 18.4 Å². The number of aromatic nitrogens is 4. The molecule has 3 aromatic rings. The molecule has 8 heteroatoms. The summed E-state index contributed by atoms with van der Waals surface area (Å²) in [5.74, 6) is 0.669. The molecule has 0 aliphatic rings. The van der Waals surface area contributed by atoms with E-state index in [1.54, 1.807) is 30.7 Å². The molecule has 0 radical (unpaired) electrons. The van der Waals surface area contributed by atoms with Crippen LogP contribution in [0.2, 0.25) is 0 Å². The SMILES string of the molecule is COC(=O)c1ccc2nc(CCl)n(Cc3cncn3C)c2c1.Cl. The zero-order valence-electron chi connectivity index (χ0n) is 12.7. The van der Waals surface area contributed by atoms with Crippen LogP contribution in [0.15, 0.2) is 30.7 Å². The van der Waals surface area contributed by atoms with E-state index in [4.69, 9.17) is 16.3 Å². The number of alkyl halides is 1. The van der Waals surface area contributed by atoms with Crippen LogP contribution >= 0.6 is 24.0 Å². The van der Waals surface area contributed by atoms with E-state index in [2.05, 4.69) is 9.97 Å². The zero-order chi connectivity index (χ0) is 15.7. The van der Waals surface area contributed by atoms with Gasteiger partial charge in [-0.3, -0.25) is 0 Å². The van der Waals surface area contributed by atoms with Gasteiger partial charge in [0.1, 0.15) is 5.82 Å². The maximum Gasteiger partial charge on any atom is 0.337 e. The first-order valence-electron chi connectivity index (χ1n) is 6.72. The Morgan fingerprint density at radius 2 is 2.17 bits per heavy atom. The predicted octanol–water partition coefficient (Wildman–Crippen LogP) is 2.77. The fourth-order valence-corrected chi connectivity index (χ4v) is 2.60. The lowest BCUT2D eigenvalue weighted by Gasteiger charge is -2.08. The molecular formula is C15H16Cl2N4O2. The van der Waals surface area contributed by atoms with E-state index in [9.17, 15) is 4.79 Å². The lowest BCUT2D eigenvalue weighted by Crippen LogP contribution is -2.08. The van der Waals surface area contributed by atoms with E-state index in [1.807, 2.05) is 16.2 Å². The largest absolute Gasteiger partial charge is 0.465 e. The second kappa shape index (κ2) is 7.02. The van der Waals surface area contributed by atoms with Gasteiger partial charge in [-0.25, -0.2) is 14.8 Å². The van der Waals surface area contributed by atoms with Crippen molar-refractivity contribution in [1.29, 1.82) is 0 Å². The van der Waals surface area contributed by atoms with Crippen molar-refractivity contribution in [2.45, 2.75) is 12.4 Å². The van der Waals surface area contributed by atoms with E-state index in [0.29, 0.717) is 18.0 Å². The van der Waals surface area contributed by atoms with E-state index >= 15 is 0 Å². The molecule has 0 aliphatic carbocycles. The van der Waals surface area contributed by atoms with Crippen LogP contribution in [0, 0.1) is 0 Å². The molecular weight excluding hydrogens is 339 g/mol. The number of carbonyl (C=O) groups is 1. The highest BCUT2D eigenvalue weighted by Gasteiger charge is 2.14. The molecule has 0 aliphatic heterocycles. The zero-order valence-corrected chi connectivity index (χ0v) is 14.3. The minimum Gasteiger partial charge on any atom is -0.465 e. The quantitative estimate of drug-likeness (QED) is 0.533. The van der Waals surface area contributed by atoms with Gasteiger partial charge in [0, 0.05) is 13.2 Å². The lowest BCUT2D eigenvalue weighted by atomic mass is 10.2. The van der Waals surface area contributed by atoms with Crippen LogP contribution in [0.4, 0.5) is 0 Å². The second-order valence-electron chi connectivity index (χ2n) is 4.94. The first-order chi connectivity index (χ1) is 10.6. The summed E-state index contributed by atoms with van der Waals surface area (Å²) in [6, 6.07) is 5.28. The summed E-state index contributed by atoms with van der Waals surface area (Å²) in [7, 11) is 3.30. The third kappa shape index (κ3) is 3.18. The third-order valence-corrected chi connectivity index (χ3v) is 3.84. The minimum atomic E-state index is -0.373. The fraction of sp³-hybridized carbons (Fsp3) is 0.267. The maximum absolute atomic E-state index is 11.7. The molecule has 0 saturated heterocycles. The summed E-state index contributed by atoms with van der Waals surface area (Å²) in [5, 5.41) is 0. The average Bonchev–Trinajstić information content (AvgIpc) is 3.10. The van der Waals surface area contributed by atoms with Gasteiger partial charge in [-0.1, -0.05) is 0 Å². The Morgan fingerprint density at radius 1 is 1.39 bits per heavy atom. The first kappa shape index (κ1) is 17.3. The molecule has 23 heavy (non-hydrogen) atoms. The standard InChI is InChI=1S/C15H15ClN4O2.ClH/c1-19-9-17-7-11(19)8-20-13-5-10(15(21)22-2)3-4-12(13)18-14(20)6-16;/h3-5,7,9H,6,8H2,1-2H3;1H. The normalized spacial score (nSPS) is 10.6. The lowest BCUT2D eigenvalue weighted by molar-refractivity contribution is 0.0601. The van der Waals surface area contributed by atoms with Gasteiger partial charge in [0.05, 0.1) is 48.2 Å². The Kier molecular flexibility index (Phi) is 5.28. The van der Waals surface area contributed by atoms with Crippen LogP contribution in [0.25, 0.3) is 11.0 Å². The van der Waals surface area contributed by atoms with Crippen LogP contribution in [0.1, 0.15) is 21.9 Å². The number of aryl methyl sites for hydroxylation is 1. The number of benzene rings is 1. The summed E-state index contributed by atoms with van der Waals surface area (Å²) < 4.78 is 8.70. The van der Waals surface area contributed by atoms with Crippen LogP contribution < -0.4 is 0 Å². The number of esters is 1. The third-order valence-electron chi connectivity index (χ3n) is 3.60. The molecule has 0 amide bonds. The number of carbonyl (C=O) groups excluding carboxylic acids is 1. The van der Waals surface area contributed by atoms with E-state index in [1.165, 1.54) is 7.11 Å². The summed E-state index contributed by atoms with van der Waals surface area (Å²) in [6.45, 7) is 0.583. The number of hydrogen-bond acceptors (Lipinski definition) is 4. The van der Waals surface area contributed by atoms with Crippen molar-refractivity contribution in [1.82, 2.24) is 19.1 Å². The van der Waals surface area contributed by atoms with Gasteiger partial charge in [0.25, 0.3) is 0 Å². The van der Waals surface area contributed by atoms with Crippen molar-refractivity contribution in [3.05, 3.63) is 47.8 Å². The number of hydrogen-bond donors (Lipinski definition) is 0. The average molecular weight is 355 g/mol. The maximum atomic E-state index is 11.7. The number of methoxy groups -OCH3 is 1. The Bertz CT molecular complexity index is 841. The number of ether oxygens (including phenoxy) is 1. The molecule has 0 atom stereocenters. The molecule has 0 N–H and O–H groups in total. The van der Waals surface area contributed by atoms with Gasteiger partial charge in [0.2, 0.25) is 0 Å². The van der Waals surface area contributed by atoms with Crippen molar-refractivity contribution in [2.24, 2.45) is 7.05 Å². The molecule has 0 fully saturated rings. The Labute approximate surface area is 144 Å². The summed E-state index contributed by atoms with van der Waals surface area (Å²) in [4.78, 5) is 20.4. The summed E-state index contributed by atoms with van der Waals surface area (Å²) in [5.41, 5.74) is 3.15. The van der Waals surface area contributed by atoms with Crippen LogP contribution in [-0.2, 0) is 24.2 Å². The molecule has 6 nitrogen and oxygen atoms in total. The van der Waals surface area contributed by atoms with Crippen LogP contribution in [0.3, 0.4) is 0 Å². The van der Waals surface area contributed by atoms with Crippen molar-refractivity contribution in [3.63, 3.8) is 0 Å². The molecule has 1 aromatic carbocycles. The molecule has 3 rings (SSSR count). The Balaban J connectivity index is 0.00000192. The highest BCUT2D eigenvalue weighted by Crippen LogP contribution is 2.21. The number of imidazole rings is 2. The van der Waals surface area contributed by atoms with Crippen molar-refractivity contribution in [3.8, 4) is 0 Å². The smallest absolute Gasteiger partial charge is 0.337 e. The highest BCUT2D eigenvalue weighted by atomic mass is 35.5. The molecule has 0 spiro atoms. The molecule has 122 valence electrons. The molecule has 0 saturated carbocycles. The van der Waals surface area contributed by atoms with Gasteiger partial charge in [-0.05, 0) is 18.2 Å². The summed E-state index contributed by atoms with van der Waals surface area (Å²) >= 11 is 6.02. The van der Waals surface area contributed by atoms with Gasteiger partial charge < -0.3 is 13.9 Å². The Hall–Kier alpha value is -2.05. The second-order valence-corrected chi connectivity index (χ2v) is 5.21. The first-order valence-corrected chi connectivity index (χ1v) is 7.26. The topological polar surface area (TPSA) is 61.9 Å². The highest BCUT2D eigenvalue weighted by molar-refractivity contribution is 6.16. The van der Waals surface area contributed by atoms with Gasteiger partial charge in [-0.2, -0.15) is 0 Å². The number of fused-ring (bicyclic) bond motifs is 1. The number of halogens is 2. The fourth-order valence-electron chi connectivity index (χ4n) is 2.39. The molecule has 2 aromatic heterocycles. The number of nitrogens with zero attached hydrogens (tertiary/aromatic N) is 4. The van der Waals surface area contributed by atoms with E-state index < -0.39 is 0 Å². The van der Waals surface area contributed by atoms with Crippen LogP contribution in [-0.4, -0.2) is 32.2 Å². The molecule has 0 unspecified atom stereocenters. The van der Waals surface area contributed by atoms with Crippen molar-refractivity contribution in [2.75, 3.05) is 7.11 Å². The minimum absolute atomic E-state index is 0. The monoisotopic (exact) mass is 354 g/mol. The van der Waals surface area contributed by atoms with Crippen molar-refractivity contribution < 1.29 is 9.53 Å². The Morgan fingerprint density at radius 3 is 2.78 bits per heavy atom. The molecule has 2 heterocycles. The van der Waals surface area contributed by atoms with E-state index in [0.717, 1.165) is 22.6 Å². The predicted molar refractivity (Wildman–Crippen MR) is 90.2 cm³/mol. The van der Waals surface area contributed by atoms with Gasteiger partial charge in [-0.15, -0.1) is 24.0 Å². The van der Waals surface area contributed by atoms with Gasteiger partial charge >= 0.3 is 5.97 Å². The summed E-state index contributed by atoms with van der Waals surface area (Å²) in [6.07, 6.45) is 3.54. The van der Waals surface area contributed by atoms with Crippen molar-refractivity contribution >= 4 is 41.0 Å². The molecule has 0 bridgehead atoms. The van der Waals surface area contributed by atoms with Gasteiger partial charge in [0.15, 0.2) is 0 Å².